The third kappa shape index (κ3) is 3.27. The number of hydrogen-bond acceptors (Lipinski definition) is 7. The Bertz CT molecular complexity index is 606. The second kappa shape index (κ2) is 6.49. The summed E-state index contributed by atoms with van der Waals surface area (Å²) in [7, 11) is 0. The van der Waals surface area contributed by atoms with Gasteiger partial charge >= 0.3 is 0 Å². The number of para-hydroxylation sites is 1. The molecule has 0 atom stereocenters. The molecule has 0 aliphatic rings. The van der Waals surface area contributed by atoms with Gasteiger partial charge in [0.25, 0.3) is 0 Å². The van der Waals surface area contributed by atoms with Gasteiger partial charge in [-0.1, -0.05) is 32.0 Å². The molecule has 0 aliphatic heterocycles. The van der Waals surface area contributed by atoms with Crippen LogP contribution in [0.4, 0.5) is 5.95 Å². The van der Waals surface area contributed by atoms with Crippen molar-refractivity contribution in [1.82, 2.24) is 15.3 Å². The Morgan fingerprint density at radius 2 is 1.62 bits per heavy atom. The van der Waals surface area contributed by atoms with Crippen molar-refractivity contribution in [3.8, 4) is 16.9 Å². The van der Waals surface area contributed by atoms with Gasteiger partial charge in [-0.15, -0.1) is 0 Å². The summed E-state index contributed by atoms with van der Waals surface area (Å²) in [6, 6.07) is 7.01. The zero-order valence-corrected chi connectivity index (χ0v) is 11.9. The molecule has 0 unspecified atom stereocenters. The van der Waals surface area contributed by atoms with E-state index in [4.69, 9.17) is 10.4 Å². The molecule has 112 valence electrons. The maximum atomic E-state index is 10.1. The van der Waals surface area contributed by atoms with Gasteiger partial charge in [-0.05, 0) is 18.9 Å². The number of nitrogens with one attached hydrogen (secondary N) is 1. The van der Waals surface area contributed by atoms with Crippen LogP contribution in [0.1, 0.15) is 25.2 Å². The lowest BCUT2D eigenvalue weighted by Crippen LogP contribution is -2.23. The summed E-state index contributed by atoms with van der Waals surface area (Å²) in [6.45, 7) is 3.87. The molecule has 0 bridgehead atoms. The summed E-state index contributed by atoms with van der Waals surface area (Å²) in [5.41, 5.74) is 5.09. The summed E-state index contributed by atoms with van der Waals surface area (Å²) >= 11 is 0. The van der Waals surface area contributed by atoms with Gasteiger partial charge < -0.3 is 5.11 Å². The van der Waals surface area contributed by atoms with Crippen molar-refractivity contribution in [1.29, 1.82) is 0 Å². The van der Waals surface area contributed by atoms with E-state index in [2.05, 4.69) is 15.4 Å². The quantitative estimate of drug-likeness (QED) is 0.627. The van der Waals surface area contributed by atoms with Crippen LogP contribution >= 0.6 is 0 Å². The third-order valence-corrected chi connectivity index (χ3v) is 3.10. The molecule has 7 nitrogen and oxygen atoms in total. The highest BCUT2D eigenvalue weighted by molar-refractivity contribution is 5.74. The highest BCUT2D eigenvalue weighted by Crippen LogP contribution is 2.34. The zero-order valence-electron chi connectivity index (χ0n) is 11.9. The fourth-order valence-electron chi connectivity index (χ4n) is 2.21. The minimum Gasteiger partial charge on any atom is -0.507 e. The first-order valence-electron chi connectivity index (χ1n) is 6.69. The van der Waals surface area contributed by atoms with Crippen molar-refractivity contribution in [2.45, 2.75) is 26.7 Å². The molecule has 7 heteroatoms. The van der Waals surface area contributed by atoms with Crippen molar-refractivity contribution >= 4 is 5.95 Å². The predicted molar refractivity (Wildman–Crippen MR) is 76.9 cm³/mol. The number of aromatic hydroxyl groups is 1. The molecule has 2 aromatic rings. The molecule has 0 radical (unpaired) electrons. The summed E-state index contributed by atoms with van der Waals surface area (Å²) < 4.78 is 0. The first-order chi connectivity index (χ1) is 10.1. The van der Waals surface area contributed by atoms with Gasteiger partial charge in [-0.2, -0.15) is 0 Å². The van der Waals surface area contributed by atoms with Crippen LogP contribution in [0.25, 0.3) is 11.1 Å². The number of aromatic nitrogens is 2. The molecule has 0 amide bonds. The third-order valence-electron chi connectivity index (χ3n) is 3.10. The van der Waals surface area contributed by atoms with Gasteiger partial charge in [0.2, 0.25) is 5.95 Å². The Balaban J connectivity index is 2.62. The number of phenols is 1. The molecule has 0 saturated carbocycles. The number of benzene rings is 1. The molecule has 1 aromatic heterocycles. The lowest BCUT2D eigenvalue weighted by molar-refractivity contribution is -0.288. The number of phenolic OH excluding ortho intramolecular Hbond substituents is 1. The molecule has 2 rings (SSSR count). The Kier molecular flexibility index (Phi) is 4.69. The van der Waals surface area contributed by atoms with Gasteiger partial charge in [0.15, 0.2) is 0 Å². The number of hydrazine groups is 1. The summed E-state index contributed by atoms with van der Waals surface area (Å²) in [5, 5.41) is 27.5. The van der Waals surface area contributed by atoms with Crippen molar-refractivity contribution in [2.75, 3.05) is 5.43 Å². The zero-order chi connectivity index (χ0) is 15.4. The Morgan fingerprint density at radius 1 is 1.05 bits per heavy atom. The molecule has 0 saturated heterocycles. The van der Waals surface area contributed by atoms with Crippen LogP contribution in [0.15, 0.2) is 24.3 Å². The van der Waals surface area contributed by atoms with Crippen molar-refractivity contribution in [2.24, 2.45) is 0 Å². The van der Waals surface area contributed by atoms with E-state index >= 15 is 0 Å². The number of nitrogens with zero attached hydrogens (tertiary/aromatic N) is 3. The maximum Gasteiger partial charge on any atom is 0.241 e. The van der Waals surface area contributed by atoms with E-state index < -0.39 is 0 Å². The minimum atomic E-state index is -0.187. The molecular formula is C14H18N4O3. The Labute approximate surface area is 122 Å². The van der Waals surface area contributed by atoms with E-state index in [1.54, 1.807) is 12.1 Å². The average molecular weight is 290 g/mol. The van der Waals surface area contributed by atoms with Crippen LogP contribution in [0.2, 0.25) is 0 Å². The van der Waals surface area contributed by atoms with Gasteiger partial charge in [-0.3, -0.25) is 10.4 Å². The average Bonchev–Trinajstić information content (AvgIpc) is 2.46. The van der Waals surface area contributed by atoms with E-state index in [9.17, 15) is 5.11 Å². The lowest BCUT2D eigenvalue weighted by Gasteiger charge is -2.16. The van der Waals surface area contributed by atoms with Crippen LogP contribution < -0.4 is 5.43 Å². The largest absolute Gasteiger partial charge is 0.507 e. The first-order valence-corrected chi connectivity index (χ1v) is 6.69. The highest BCUT2D eigenvalue weighted by Gasteiger charge is 2.17. The van der Waals surface area contributed by atoms with E-state index in [1.807, 2.05) is 26.0 Å². The molecule has 1 heterocycles. The summed E-state index contributed by atoms with van der Waals surface area (Å²) in [4.78, 5) is 8.52. The topological polar surface area (TPSA) is 102 Å². The lowest BCUT2D eigenvalue weighted by atomic mass is 9.98. The number of aryl methyl sites for hydroxylation is 2. The van der Waals surface area contributed by atoms with Crippen molar-refractivity contribution < 1.29 is 15.5 Å². The van der Waals surface area contributed by atoms with Crippen LogP contribution in [-0.4, -0.2) is 30.8 Å². The Morgan fingerprint density at radius 3 is 2.10 bits per heavy atom. The van der Waals surface area contributed by atoms with Crippen molar-refractivity contribution in [3.05, 3.63) is 35.7 Å². The fourth-order valence-corrected chi connectivity index (χ4v) is 2.21. The van der Waals surface area contributed by atoms with E-state index in [0.29, 0.717) is 29.8 Å². The molecule has 0 fully saturated rings. The molecule has 21 heavy (non-hydrogen) atoms. The van der Waals surface area contributed by atoms with Gasteiger partial charge in [0, 0.05) is 16.5 Å². The van der Waals surface area contributed by atoms with Crippen LogP contribution in [0, 0.1) is 0 Å². The summed E-state index contributed by atoms with van der Waals surface area (Å²) in [6.07, 6.45) is 1.23. The number of hydrogen-bond donors (Lipinski definition) is 4. The van der Waals surface area contributed by atoms with Gasteiger partial charge in [0.05, 0.1) is 11.4 Å². The SMILES string of the molecule is CCc1nc(NN(O)O)nc(CC)c1-c1ccccc1O. The maximum absolute atomic E-state index is 10.1. The van der Waals surface area contributed by atoms with Crippen molar-refractivity contribution in [3.63, 3.8) is 0 Å². The standard InChI is InChI=1S/C14H18N4O3/c1-3-10-13(9-7-5-6-8-12(9)19)11(4-2)16-14(15-10)17-18(20)21/h5-8,19-21H,3-4H2,1-2H3,(H,15,16,17). The number of anilines is 1. The molecule has 1 aromatic carbocycles. The van der Waals surface area contributed by atoms with Gasteiger partial charge in [-0.25, -0.2) is 15.4 Å². The first kappa shape index (κ1) is 15.2. The monoisotopic (exact) mass is 290 g/mol. The van der Waals surface area contributed by atoms with Crippen LogP contribution in [0.5, 0.6) is 5.75 Å². The highest BCUT2D eigenvalue weighted by atomic mass is 16.8. The predicted octanol–water partition coefficient (Wildman–Crippen LogP) is 2.38. The summed E-state index contributed by atoms with van der Waals surface area (Å²) in [5.74, 6) is 0.255. The molecule has 0 aliphatic carbocycles. The number of rotatable bonds is 5. The minimum absolute atomic E-state index is 0.0906. The second-order valence-electron chi connectivity index (χ2n) is 4.44. The van der Waals surface area contributed by atoms with E-state index in [-0.39, 0.29) is 17.0 Å². The fraction of sp³-hybridized carbons (Fsp3) is 0.286. The normalized spacial score (nSPS) is 10.9. The molecule has 0 spiro atoms. The van der Waals surface area contributed by atoms with Crippen LogP contribution in [-0.2, 0) is 12.8 Å². The molecular weight excluding hydrogens is 272 g/mol. The van der Waals surface area contributed by atoms with Crippen LogP contribution in [0.3, 0.4) is 0 Å². The smallest absolute Gasteiger partial charge is 0.241 e. The van der Waals surface area contributed by atoms with E-state index in [1.165, 1.54) is 0 Å². The second-order valence-corrected chi connectivity index (χ2v) is 4.44. The van der Waals surface area contributed by atoms with Gasteiger partial charge in [0.1, 0.15) is 5.75 Å². The Hall–Kier alpha value is -2.22. The molecule has 4 N–H and O–H groups in total. The van der Waals surface area contributed by atoms with E-state index in [0.717, 1.165) is 5.56 Å².